The van der Waals surface area contributed by atoms with Crippen LogP contribution < -0.4 is 20.7 Å². The zero-order valence-electron chi connectivity index (χ0n) is 23.6. The fourth-order valence-corrected chi connectivity index (χ4v) is 4.99. The average Bonchev–Trinajstić information content (AvgIpc) is 3.55. The summed E-state index contributed by atoms with van der Waals surface area (Å²) in [6.07, 6.45) is 3.41. The Morgan fingerprint density at radius 1 is 1.27 bits per heavy atom. The molecule has 1 saturated heterocycles. The molecule has 40 heavy (non-hydrogen) atoms. The Morgan fingerprint density at radius 3 is 2.67 bits per heavy atom. The third kappa shape index (κ3) is 7.94. The number of amides is 3. The number of benzene rings is 1. The van der Waals surface area contributed by atoms with Gasteiger partial charge in [-0.25, -0.2) is 0 Å². The van der Waals surface area contributed by atoms with E-state index in [0.717, 1.165) is 10.9 Å². The number of carbonyl (C=O) groups excluding carboxylic acids is 4. The molecular formula is C30H39N5O5. The monoisotopic (exact) mass is 549 g/mol. The summed E-state index contributed by atoms with van der Waals surface area (Å²) in [5.41, 5.74) is 1.03. The van der Waals surface area contributed by atoms with Gasteiger partial charge in [0.2, 0.25) is 11.8 Å². The Kier molecular flexibility index (Phi) is 10.9. The summed E-state index contributed by atoms with van der Waals surface area (Å²) < 4.78 is 5.40. The van der Waals surface area contributed by atoms with Crippen LogP contribution in [0.5, 0.6) is 5.75 Å². The highest BCUT2D eigenvalue weighted by molar-refractivity contribution is 6.02. The zero-order chi connectivity index (χ0) is 29.2. The van der Waals surface area contributed by atoms with Gasteiger partial charge >= 0.3 is 0 Å². The van der Waals surface area contributed by atoms with Gasteiger partial charge in [0.15, 0.2) is 5.78 Å². The lowest BCUT2D eigenvalue weighted by molar-refractivity contribution is -0.127. The van der Waals surface area contributed by atoms with Crippen LogP contribution >= 0.6 is 0 Å². The molecule has 1 aliphatic heterocycles. The van der Waals surface area contributed by atoms with Gasteiger partial charge in [-0.3, -0.25) is 19.2 Å². The van der Waals surface area contributed by atoms with Crippen molar-refractivity contribution in [2.75, 3.05) is 20.2 Å². The fourth-order valence-electron chi connectivity index (χ4n) is 4.99. The lowest BCUT2D eigenvalue weighted by Crippen LogP contribution is -2.41. The number of H-pyrrole nitrogens is 1. The van der Waals surface area contributed by atoms with Crippen molar-refractivity contribution >= 4 is 34.4 Å². The van der Waals surface area contributed by atoms with Crippen LogP contribution in [0.25, 0.3) is 10.9 Å². The number of rotatable bonds is 14. The van der Waals surface area contributed by atoms with Gasteiger partial charge < -0.3 is 25.7 Å². The first-order chi connectivity index (χ1) is 19.2. The number of Topliss-reactive ketones (excluding diaryl/α,β-unsaturated/α-hetero) is 1. The fraction of sp³-hybridized carbons (Fsp3) is 0.500. The molecule has 0 spiro atoms. The third-order valence-corrected chi connectivity index (χ3v) is 7.00. The summed E-state index contributed by atoms with van der Waals surface area (Å²) in [6, 6.07) is 8.42. The summed E-state index contributed by atoms with van der Waals surface area (Å²) >= 11 is 0. The number of methoxy groups -OCH3 is 1. The molecule has 10 nitrogen and oxygen atoms in total. The summed E-state index contributed by atoms with van der Waals surface area (Å²) in [5.74, 6) is -1.44. The van der Waals surface area contributed by atoms with Crippen molar-refractivity contribution in [3.63, 3.8) is 0 Å². The molecule has 3 atom stereocenters. The van der Waals surface area contributed by atoms with E-state index in [-0.39, 0.29) is 47.8 Å². The molecule has 0 bridgehead atoms. The molecule has 0 aliphatic carbocycles. The van der Waals surface area contributed by atoms with Crippen molar-refractivity contribution in [2.45, 2.75) is 58.9 Å². The van der Waals surface area contributed by atoms with Crippen molar-refractivity contribution in [1.29, 1.82) is 5.26 Å². The number of ketones is 1. The van der Waals surface area contributed by atoms with E-state index >= 15 is 0 Å². The summed E-state index contributed by atoms with van der Waals surface area (Å²) in [6.45, 7) is 6.81. The highest BCUT2D eigenvalue weighted by Crippen LogP contribution is 2.28. The van der Waals surface area contributed by atoms with Crippen LogP contribution in [0.2, 0.25) is 0 Å². The number of carbonyl (C=O) groups is 4. The number of nitrogens with one attached hydrogen (secondary N) is 4. The van der Waals surface area contributed by atoms with E-state index < -0.39 is 17.9 Å². The van der Waals surface area contributed by atoms with E-state index in [2.05, 4.69) is 20.9 Å². The Hall–Kier alpha value is -4.13. The minimum Gasteiger partial charge on any atom is -0.496 e. The Labute approximate surface area is 234 Å². The van der Waals surface area contributed by atoms with Crippen molar-refractivity contribution in [2.24, 2.45) is 17.8 Å². The predicted molar refractivity (Wildman–Crippen MR) is 151 cm³/mol. The lowest BCUT2D eigenvalue weighted by atomic mass is 9.90. The predicted octanol–water partition coefficient (Wildman–Crippen LogP) is 3.40. The first-order valence-corrected chi connectivity index (χ1v) is 13.8. The summed E-state index contributed by atoms with van der Waals surface area (Å²) in [5, 5.41) is 18.8. The van der Waals surface area contributed by atoms with E-state index in [9.17, 15) is 24.4 Å². The molecule has 214 valence electrons. The van der Waals surface area contributed by atoms with Gasteiger partial charge in [-0.2, -0.15) is 5.26 Å². The molecule has 1 fully saturated rings. The smallest absolute Gasteiger partial charge is 0.261 e. The highest BCUT2D eigenvalue weighted by Gasteiger charge is 2.31. The minimum absolute atomic E-state index is 0.0262. The van der Waals surface area contributed by atoms with Gasteiger partial charge in [0.1, 0.15) is 17.4 Å². The van der Waals surface area contributed by atoms with Crippen molar-refractivity contribution < 1.29 is 23.9 Å². The van der Waals surface area contributed by atoms with Gasteiger partial charge in [0.25, 0.3) is 5.91 Å². The van der Waals surface area contributed by atoms with Gasteiger partial charge in [0.05, 0.1) is 12.8 Å². The quantitative estimate of drug-likeness (QED) is 0.161. The molecule has 3 unspecified atom stereocenters. The molecule has 10 heteroatoms. The van der Waals surface area contributed by atoms with Gasteiger partial charge in [0, 0.05) is 48.3 Å². The van der Waals surface area contributed by atoms with Gasteiger partial charge in [-0.1, -0.05) is 26.8 Å². The molecular weight excluding hydrogens is 510 g/mol. The molecule has 1 aromatic carbocycles. The highest BCUT2D eigenvalue weighted by atomic mass is 16.5. The van der Waals surface area contributed by atoms with Crippen LogP contribution in [0.1, 0.15) is 63.4 Å². The Bertz CT molecular complexity index is 1310. The number of aromatic nitrogens is 1. The molecule has 4 N–H and O–H groups in total. The van der Waals surface area contributed by atoms with E-state index in [0.29, 0.717) is 43.8 Å². The molecule has 2 aromatic rings. The van der Waals surface area contributed by atoms with Crippen molar-refractivity contribution in [3.05, 3.63) is 41.6 Å². The standard InChI is InChI=1S/C30H39N5O5/c1-5-10-32-29(38)21(17-31)14-22(13-19-9-11-33-28(19)37)34-30(39)20(12-18(2)3)15-26(36)25-16-23-24(35-25)7-6-8-27(23)40-4/h6-8,14,16,18-20,22,35H,5,9-13,15H2,1-4H3,(H,32,38)(H,33,37)(H,34,39)/b21-14-. The average molecular weight is 550 g/mol. The maximum atomic E-state index is 13.6. The van der Waals surface area contributed by atoms with Gasteiger partial charge in [-0.15, -0.1) is 0 Å². The molecule has 1 aliphatic rings. The number of hydrogen-bond acceptors (Lipinski definition) is 6. The van der Waals surface area contributed by atoms with Crippen LogP contribution in [0.3, 0.4) is 0 Å². The third-order valence-electron chi connectivity index (χ3n) is 7.00. The normalized spacial score (nSPS) is 16.8. The van der Waals surface area contributed by atoms with E-state index in [1.807, 2.05) is 45.0 Å². The topological polar surface area (TPSA) is 153 Å². The Morgan fingerprint density at radius 2 is 2.05 bits per heavy atom. The summed E-state index contributed by atoms with van der Waals surface area (Å²) in [7, 11) is 1.57. The first kappa shape index (κ1) is 30.4. The number of fused-ring (bicyclic) bond motifs is 1. The number of nitriles is 1. The largest absolute Gasteiger partial charge is 0.496 e. The maximum absolute atomic E-state index is 13.6. The van der Waals surface area contributed by atoms with E-state index in [4.69, 9.17) is 4.74 Å². The summed E-state index contributed by atoms with van der Waals surface area (Å²) in [4.78, 5) is 54.8. The number of hydrogen-bond donors (Lipinski definition) is 4. The number of aromatic amines is 1. The van der Waals surface area contributed by atoms with Gasteiger partial charge in [-0.05, 0) is 55.9 Å². The number of nitrogens with zero attached hydrogens (tertiary/aromatic N) is 1. The minimum atomic E-state index is -0.731. The SMILES string of the molecule is CCCNC(=O)/C(C#N)=C\C(CC1CCNC1=O)NC(=O)C(CC(=O)c1cc2c(OC)cccc2[nH]1)CC(C)C. The second-order valence-electron chi connectivity index (χ2n) is 10.6. The lowest BCUT2D eigenvalue weighted by Gasteiger charge is -2.23. The second kappa shape index (κ2) is 14.3. The maximum Gasteiger partial charge on any atom is 0.261 e. The van der Waals surface area contributed by atoms with Crippen LogP contribution in [-0.2, 0) is 14.4 Å². The van der Waals surface area contributed by atoms with E-state index in [1.165, 1.54) is 6.08 Å². The Balaban J connectivity index is 1.83. The molecule has 0 saturated carbocycles. The number of ether oxygens (including phenoxy) is 1. The molecule has 3 amide bonds. The van der Waals surface area contributed by atoms with Crippen LogP contribution in [0, 0.1) is 29.1 Å². The molecule has 0 radical (unpaired) electrons. The van der Waals surface area contributed by atoms with Crippen molar-refractivity contribution in [3.8, 4) is 11.8 Å². The molecule has 1 aromatic heterocycles. The van der Waals surface area contributed by atoms with Crippen LogP contribution in [0.15, 0.2) is 35.9 Å². The molecule has 3 rings (SSSR count). The van der Waals surface area contributed by atoms with Crippen molar-refractivity contribution in [1.82, 2.24) is 20.9 Å². The zero-order valence-corrected chi connectivity index (χ0v) is 23.6. The molecule has 2 heterocycles. The second-order valence-corrected chi connectivity index (χ2v) is 10.6. The first-order valence-electron chi connectivity index (χ1n) is 13.8. The van der Waals surface area contributed by atoms with E-state index in [1.54, 1.807) is 13.2 Å². The van der Waals surface area contributed by atoms with Crippen LogP contribution in [-0.4, -0.2) is 54.7 Å². The van der Waals surface area contributed by atoms with Crippen LogP contribution in [0.4, 0.5) is 0 Å².